The predicted octanol–water partition coefficient (Wildman–Crippen LogP) is 5.67. The molecule has 2 heterocycles. The molecule has 1 saturated heterocycles. The number of allylic oxidation sites excluding steroid dienone is 6. The van der Waals surface area contributed by atoms with Crippen LogP contribution in [-0.2, 0) is 16.0 Å². The Hall–Kier alpha value is -2.92. The monoisotopic (exact) mass is 500 g/mol. The molecule has 0 radical (unpaired) electrons. The molecule has 1 aromatic heterocycles. The number of benzene rings is 1. The molecule has 2 aromatic rings. The van der Waals surface area contributed by atoms with E-state index in [-0.39, 0.29) is 41.9 Å². The zero-order chi connectivity index (χ0) is 26.3. The molecule has 0 saturated carbocycles. The number of carbonyl (C=O) groups excluding carboxylic acids is 2. The molecule has 7 atom stereocenters. The van der Waals surface area contributed by atoms with Gasteiger partial charge in [-0.2, -0.15) is 0 Å². The number of aromatic nitrogens is 1. The highest BCUT2D eigenvalue weighted by Gasteiger charge is 2.65. The lowest BCUT2D eigenvalue weighted by Crippen LogP contribution is -2.53. The van der Waals surface area contributed by atoms with Gasteiger partial charge in [0.25, 0.3) is 0 Å². The molecular weight excluding hydrogens is 460 g/mol. The summed E-state index contributed by atoms with van der Waals surface area (Å²) >= 11 is 0. The van der Waals surface area contributed by atoms with Crippen molar-refractivity contribution >= 4 is 22.6 Å². The van der Waals surface area contributed by atoms with Crippen molar-refractivity contribution in [2.45, 2.75) is 71.9 Å². The second kappa shape index (κ2) is 10.1. The average molecular weight is 501 g/mol. The van der Waals surface area contributed by atoms with Crippen molar-refractivity contribution in [3.63, 3.8) is 0 Å². The summed E-state index contributed by atoms with van der Waals surface area (Å²) in [5.41, 5.74) is 3.48. The topological polar surface area (TPSA) is 82.2 Å². The first kappa shape index (κ1) is 25.7. The number of rotatable bonds is 2. The third kappa shape index (κ3) is 4.52. The summed E-state index contributed by atoms with van der Waals surface area (Å²) in [7, 11) is 0. The highest BCUT2D eigenvalue weighted by atomic mass is 16.3. The number of para-hydroxylation sites is 1. The molecule has 0 bridgehead atoms. The van der Waals surface area contributed by atoms with Gasteiger partial charge in [0.05, 0.1) is 6.10 Å². The lowest BCUT2D eigenvalue weighted by molar-refractivity contribution is -0.146. The third-order valence-corrected chi connectivity index (χ3v) is 9.17. The van der Waals surface area contributed by atoms with Crippen molar-refractivity contribution in [2.24, 2.45) is 29.1 Å². The summed E-state index contributed by atoms with van der Waals surface area (Å²) in [5, 5.41) is 15.3. The van der Waals surface area contributed by atoms with Gasteiger partial charge in [-0.05, 0) is 63.0 Å². The Balaban J connectivity index is 1.57. The minimum atomic E-state index is -1.20. The number of fused-ring (bicyclic) bond motifs is 1. The average Bonchev–Trinajstić information content (AvgIpc) is 3.39. The van der Waals surface area contributed by atoms with E-state index >= 15 is 0 Å². The first-order valence-electron chi connectivity index (χ1n) is 13.8. The predicted molar refractivity (Wildman–Crippen MR) is 148 cm³/mol. The first-order chi connectivity index (χ1) is 17.7. The van der Waals surface area contributed by atoms with E-state index in [0.29, 0.717) is 18.8 Å². The van der Waals surface area contributed by atoms with E-state index in [9.17, 15) is 14.7 Å². The molecule has 0 unspecified atom stereocenters. The minimum absolute atomic E-state index is 0.0104. The Morgan fingerprint density at radius 1 is 1.11 bits per heavy atom. The fraction of sp³-hybridized carbons (Fsp3) is 0.500. The second-order valence-corrected chi connectivity index (χ2v) is 11.7. The molecule has 3 aliphatic rings. The molecule has 5 nitrogen and oxygen atoms in total. The van der Waals surface area contributed by atoms with Crippen LogP contribution in [0.25, 0.3) is 10.9 Å². The highest BCUT2D eigenvalue weighted by molar-refractivity contribution is 6.09. The molecule has 5 rings (SSSR count). The number of aliphatic hydroxyl groups is 1. The van der Waals surface area contributed by atoms with Crippen LogP contribution in [0.15, 0.2) is 65.9 Å². The molecule has 2 aliphatic carbocycles. The lowest BCUT2D eigenvalue weighted by atomic mass is 9.54. The van der Waals surface area contributed by atoms with Crippen molar-refractivity contribution in [3.05, 3.63) is 71.5 Å². The maximum atomic E-state index is 14.2. The number of H-pyrrole nitrogens is 1. The van der Waals surface area contributed by atoms with E-state index in [2.05, 4.69) is 74.4 Å². The Kier molecular flexibility index (Phi) is 7.01. The second-order valence-electron chi connectivity index (χ2n) is 11.7. The van der Waals surface area contributed by atoms with E-state index in [1.165, 1.54) is 11.1 Å². The van der Waals surface area contributed by atoms with Crippen LogP contribution in [0.1, 0.15) is 58.9 Å². The number of amides is 1. The summed E-state index contributed by atoms with van der Waals surface area (Å²) in [6, 6.07) is 8.04. The van der Waals surface area contributed by atoms with Crippen LogP contribution in [0.3, 0.4) is 0 Å². The third-order valence-electron chi connectivity index (χ3n) is 9.17. The molecule has 1 aliphatic heterocycles. The van der Waals surface area contributed by atoms with Gasteiger partial charge in [-0.15, -0.1) is 0 Å². The van der Waals surface area contributed by atoms with Gasteiger partial charge in [-0.1, -0.05) is 67.5 Å². The number of nitrogens with one attached hydrogen (secondary N) is 2. The van der Waals surface area contributed by atoms with Gasteiger partial charge in [-0.25, -0.2) is 0 Å². The van der Waals surface area contributed by atoms with E-state index in [0.717, 1.165) is 29.3 Å². The SMILES string of the molecule is CC1=C[C@@H]2/C=C/C[C@H](C)/C=C(\C)CC[C@H](O)CC(=O)[C@]23C(=O)N[C@@H](Cc2c[nH]c4ccccc24)[C@@H]3[C@@H]1C. The number of ketones is 1. The van der Waals surface area contributed by atoms with Crippen LogP contribution in [-0.4, -0.2) is 33.9 Å². The summed E-state index contributed by atoms with van der Waals surface area (Å²) < 4.78 is 0. The zero-order valence-corrected chi connectivity index (χ0v) is 22.5. The Morgan fingerprint density at radius 2 is 1.89 bits per heavy atom. The summed E-state index contributed by atoms with van der Waals surface area (Å²) in [4.78, 5) is 31.6. The quantitative estimate of drug-likeness (QED) is 0.367. The van der Waals surface area contributed by atoms with Gasteiger partial charge in [0.15, 0.2) is 5.78 Å². The van der Waals surface area contributed by atoms with E-state index in [1.807, 2.05) is 18.3 Å². The maximum absolute atomic E-state index is 14.2. The molecule has 5 heteroatoms. The largest absolute Gasteiger partial charge is 0.393 e. The summed E-state index contributed by atoms with van der Waals surface area (Å²) in [6.07, 6.45) is 12.7. The summed E-state index contributed by atoms with van der Waals surface area (Å²) in [5.74, 6) is -0.380. The van der Waals surface area contributed by atoms with Crippen molar-refractivity contribution < 1.29 is 14.7 Å². The van der Waals surface area contributed by atoms with Crippen molar-refractivity contribution in [3.8, 4) is 0 Å². The van der Waals surface area contributed by atoms with Crippen molar-refractivity contribution in [1.82, 2.24) is 10.3 Å². The molecule has 37 heavy (non-hydrogen) atoms. The van der Waals surface area contributed by atoms with Crippen LogP contribution in [0.2, 0.25) is 0 Å². The molecular formula is C32H40N2O3. The molecule has 1 spiro atoms. The zero-order valence-electron chi connectivity index (χ0n) is 22.5. The number of Topliss-reactive ketones (excluding diaryl/α,β-unsaturated/α-hetero) is 1. The number of aliphatic hydroxyl groups excluding tert-OH is 1. The van der Waals surface area contributed by atoms with Gasteiger partial charge < -0.3 is 15.4 Å². The fourth-order valence-corrected chi connectivity index (χ4v) is 7.19. The van der Waals surface area contributed by atoms with Crippen LogP contribution >= 0.6 is 0 Å². The number of carbonyl (C=O) groups is 2. The van der Waals surface area contributed by atoms with Gasteiger partial charge in [0, 0.05) is 41.4 Å². The molecule has 1 amide bonds. The van der Waals surface area contributed by atoms with Crippen molar-refractivity contribution in [2.75, 3.05) is 0 Å². The Labute approximate surface area is 220 Å². The van der Waals surface area contributed by atoms with Crippen molar-refractivity contribution in [1.29, 1.82) is 0 Å². The standard InChI is InChI=1S/C32H40N2O3/c1-19-8-7-9-24-15-21(3)22(4)30-28(16-23-18-33-27-11-6-5-10-26(23)27)34-31(37)32(24,30)29(36)17-25(35)13-12-20(2)14-19/h5-7,9-11,14-15,18-19,22,24-25,28,30,33,35H,8,12-13,16-17H2,1-4H3,(H,34,37)/b9-7+,20-14+/t19-,22+,24-,25-,28-,30-,32+/m0/s1. The highest BCUT2D eigenvalue weighted by Crippen LogP contribution is 2.55. The molecule has 3 N–H and O–H groups in total. The Bertz CT molecular complexity index is 1280. The van der Waals surface area contributed by atoms with Gasteiger partial charge in [0.2, 0.25) is 5.91 Å². The molecule has 196 valence electrons. The van der Waals surface area contributed by atoms with E-state index < -0.39 is 11.5 Å². The fourth-order valence-electron chi connectivity index (χ4n) is 7.19. The van der Waals surface area contributed by atoms with Gasteiger partial charge >= 0.3 is 0 Å². The van der Waals surface area contributed by atoms with E-state index in [1.54, 1.807) is 0 Å². The molecule has 1 aromatic carbocycles. The number of aromatic amines is 1. The Morgan fingerprint density at radius 3 is 2.70 bits per heavy atom. The minimum Gasteiger partial charge on any atom is -0.393 e. The normalized spacial score (nSPS) is 37.2. The maximum Gasteiger partial charge on any atom is 0.235 e. The lowest BCUT2D eigenvalue weighted by Gasteiger charge is -2.45. The van der Waals surface area contributed by atoms with Crippen LogP contribution in [0, 0.1) is 29.1 Å². The smallest absolute Gasteiger partial charge is 0.235 e. The van der Waals surface area contributed by atoms with Gasteiger partial charge in [0.1, 0.15) is 5.41 Å². The van der Waals surface area contributed by atoms with Gasteiger partial charge in [-0.3, -0.25) is 9.59 Å². The van der Waals surface area contributed by atoms with Crippen LogP contribution < -0.4 is 5.32 Å². The van der Waals surface area contributed by atoms with E-state index in [4.69, 9.17) is 0 Å². The number of hydrogen-bond donors (Lipinski definition) is 3. The summed E-state index contributed by atoms with van der Waals surface area (Å²) in [6.45, 7) is 8.57. The van der Waals surface area contributed by atoms with Crippen LogP contribution in [0.5, 0.6) is 0 Å². The number of hydrogen-bond acceptors (Lipinski definition) is 3. The molecule has 1 fully saturated rings. The first-order valence-corrected chi connectivity index (χ1v) is 13.8. The van der Waals surface area contributed by atoms with Crippen LogP contribution in [0.4, 0.5) is 0 Å².